The number of nitrogens with zero attached hydrogens (tertiary/aromatic N) is 2. The van der Waals surface area contributed by atoms with Crippen molar-refractivity contribution in [1.29, 1.82) is 0 Å². The van der Waals surface area contributed by atoms with Crippen LogP contribution in [0.25, 0.3) is 0 Å². The molecule has 0 radical (unpaired) electrons. The van der Waals surface area contributed by atoms with Crippen LogP contribution in [-0.2, 0) is 9.59 Å². The third-order valence-electron chi connectivity index (χ3n) is 3.72. The Hall–Kier alpha value is -1.54. The van der Waals surface area contributed by atoms with Crippen molar-refractivity contribution < 1.29 is 14.3 Å². The number of hydrogen-bond acceptors (Lipinski definition) is 5. The van der Waals surface area contributed by atoms with E-state index in [2.05, 4.69) is 10.6 Å². The number of ether oxygens (including phenoxy) is 1. The second kappa shape index (κ2) is 10.5. The number of piperazine rings is 1. The van der Waals surface area contributed by atoms with E-state index < -0.39 is 0 Å². The lowest BCUT2D eigenvalue weighted by molar-refractivity contribution is -0.133. The molecular formula is C16H24Cl2N4O3. The highest BCUT2D eigenvalue weighted by molar-refractivity contribution is 6.31. The van der Waals surface area contributed by atoms with Crippen LogP contribution in [0.2, 0.25) is 5.02 Å². The summed E-state index contributed by atoms with van der Waals surface area (Å²) in [5, 5.41) is 6.47. The van der Waals surface area contributed by atoms with Gasteiger partial charge in [0.25, 0.3) is 0 Å². The third kappa shape index (κ3) is 6.70. The molecule has 1 aromatic carbocycles. The maximum atomic E-state index is 12.2. The molecule has 7 nitrogen and oxygen atoms in total. The molecule has 0 atom stereocenters. The van der Waals surface area contributed by atoms with Crippen LogP contribution in [-0.4, -0.2) is 75.0 Å². The van der Waals surface area contributed by atoms with Crippen LogP contribution >= 0.6 is 24.0 Å². The van der Waals surface area contributed by atoms with Gasteiger partial charge in [0.05, 0.1) is 25.9 Å². The normalized spacial score (nSPS) is 14.0. The quantitative estimate of drug-likeness (QED) is 0.759. The minimum Gasteiger partial charge on any atom is -0.495 e. The predicted molar refractivity (Wildman–Crippen MR) is 101 cm³/mol. The van der Waals surface area contributed by atoms with Crippen LogP contribution in [0.3, 0.4) is 0 Å². The van der Waals surface area contributed by atoms with E-state index in [1.807, 2.05) is 4.90 Å². The lowest BCUT2D eigenvalue weighted by Crippen LogP contribution is -2.49. The Morgan fingerprint density at radius 2 is 2.00 bits per heavy atom. The van der Waals surface area contributed by atoms with E-state index in [1.165, 1.54) is 7.11 Å². The summed E-state index contributed by atoms with van der Waals surface area (Å²) in [5.74, 6) is 0.339. The number of rotatable bonds is 6. The van der Waals surface area contributed by atoms with Gasteiger partial charge in [-0.2, -0.15) is 0 Å². The van der Waals surface area contributed by atoms with Gasteiger partial charge < -0.3 is 20.3 Å². The van der Waals surface area contributed by atoms with Gasteiger partial charge in [-0.05, 0) is 25.2 Å². The lowest BCUT2D eigenvalue weighted by Gasteiger charge is -2.29. The zero-order valence-corrected chi connectivity index (χ0v) is 16.0. The molecule has 0 aromatic heterocycles. The van der Waals surface area contributed by atoms with Crippen LogP contribution in [0.4, 0.5) is 5.69 Å². The second-order valence-corrected chi connectivity index (χ2v) is 6.13. The second-order valence-electron chi connectivity index (χ2n) is 5.70. The Labute approximate surface area is 159 Å². The van der Waals surface area contributed by atoms with E-state index >= 15 is 0 Å². The van der Waals surface area contributed by atoms with Crippen LogP contribution in [0.5, 0.6) is 5.75 Å². The first-order chi connectivity index (χ1) is 11.5. The predicted octanol–water partition coefficient (Wildman–Crippen LogP) is 1.07. The van der Waals surface area contributed by atoms with E-state index in [0.29, 0.717) is 29.5 Å². The van der Waals surface area contributed by atoms with Crippen molar-refractivity contribution in [3.05, 3.63) is 23.2 Å². The van der Waals surface area contributed by atoms with Gasteiger partial charge in [-0.25, -0.2) is 0 Å². The van der Waals surface area contributed by atoms with Gasteiger partial charge in [0, 0.05) is 31.2 Å². The molecule has 1 saturated heterocycles. The summed E-state index contributed by atoms with van der Waals surface area (Å²) in [7, 11) is 3.27. The molecule has 1 aliphatic heterocycles. The first kappa shape index (κ1) is 21.5. The molecule has 0 spiro atoms. The van der Waals surface area contributed by atoms with Crippen LogP contribution in [0.1, 0.15) is 0 Å². The van der Waals surface area contributed by atoms with Crippen LogP contribution < -0.4 is 15.4 Å². The van der Waals surface area contributed by atoms with Crippen molar-refractivity contribution in [3.63, 3.8) is 0 Å². The van der Waals surface area contributed by atoms with Gasteiger partial charge in [-0.3, -0.25) is 14.5 Å². The molecule has 2 N–H and O–H groups in total. The van der Waals surface area contributed by atoms with E-state index in [0.717, 1.165) is 13.1 Å². The average Bonchev–Trinajstić information content (AvgIpc) is 2.55. The SMILES string of the molecule is COc1ccc(Cl)cc1NC(=O)CN(C)CC(=O)N1CCNCC1.Cl. The van der Waals surface area contributed by atoms with Gasteiger partial charge in [0.1, 0.15) is 5.75 Å². The van der Waals surface area contributed by atoms with Gasteiger partial charge in [0.15, 0.2) is 0 Å². The van der Waals surface area contributed by atoms with E-state index in [1.54, 1.807) is 30.1 Å². The fourth-order valence-corrected chi connectivity index (χ4v) is 2.69. The summed E-state index contributed by atoms with van der Waals surface area (Å²) in [6.45, 7) is 3.35. The molecule has 1 heterocycles. The molecule has 1 aliphatic rings. The maximum Gasteiger partial charge on any atom is 0.238 e. The zero-order chi connectivity index (χ0) is 17.5. The lowest BCUT2D eigenvalue weighted by atomic mass is 10.3. The monoisotopic (exact) mass is 390 g/mol. The van der Waals surface area contributed by atoms with Crippen molar-refractivity contribution >= 4 is 41.5 Å². The first-order valence-electron chi connectivity index (χ1n) is 7.80. The molecule has 0 saturated carbocycles. The molecule has 25 heavy (non-hydrogen) atoms. The van der Waals surface area contributed by atoms with Gasteiger partial charge in [0.2, 0.25) is 11.8 Å². The topological polar surface area (TPSA) is 73.9 Å². The van der Waals surface area contributed by atoms with E-state index in [-0.39, 0.29) is 37.3 Å². The molecule has 0 bridgehead atoms. The fourth-order valence-electron chi connectivity index (χ4n) is 2.51. The zero-order valence-electron chi connectivity index (χ0n) is 14.4. The molecule has 2 rings (SSSR count). The molecule has 1 fully saturated rings. The number of halogens is 2. The van der Waals surface area contributed by atoms with E-state index in [9.17, 15) is 9.59 Å². The number of methoxy groups -OCH3 is 1. The molecule has 0 unspecified atom stereocenters. The fraction of sp³-hybridized carbons (Fsp3) is 0.500. The molecule has 9 heteroatoms. The molecule has 140 valence electrons. The third-order valence-corrected chi connectivity index (χ3v) is 3.96. The van der Waals surface area contributed by atoms with Gasteiger partial charge in [-0.1, -0.05) is 11.6 Å². The number of likely N-dealkylation sites (N-methyl/N-ethyl adjacent to an activating group) is 1. The van der Waals surface area contributed by atoms with Gasteiger partial charge in [-0.15, -0.1) is 12.4 Å². The molecular weight excluding hydrogens is 367 g/mol. The minimum atomic E-state index is -0.230. The Kier molecular flexibility index (Phi) is 8.99. The van der Waals surface area contributed by atoms with Crippen molar-refractivity contribution in [2.75, 3.05) is 58.7 Å². The Bertz CT molecular complexity index is 595. The Balaban J connectivity index is 0.00000312. The number of nitrogens with one attached hydrogen (secondary N) is 2. The number of anilines is 1. The van der Waals surface area contributed by atoms with Crippen molar-refractivity contribution in [2.45, 2.75) is 0 Å². The molecule has 1 aromatic rings. The summed E-state index contributed by atoms with van der Waals surface area (Å²) < 4.78 is 5.20. The Morgan fingerprint density at radius 3 is 2.64 bits per heavy atom. The highest BCUT2D eigenvalue weighted by Crippen LogP contribution is 2.27. The van der Waals surface area contributed by atoms with Crippen molar-refractivity contribution in [3.8, 4) is 5.75 Å². The molecule has 2 amide bonds. The number of carbonyl (C=O) groups excluding carboxylic acids is 2. The number of amides is 2. The average molecular weight is 391 g/mol. The highest BCUT2D eigenvalue weighted by atomic mass is 35.5. The van der Waals surface area contributed by atoms with Crippen molar-refractivity contribution in [2.24, 2.45) is 0 Å². The first-order valence-corrected chi connectivity index (χ1v) is 8.18. The van der Waals surface area contributed by atoms with Gasteiger partial charge >= 0.3 is 0 Å². The Morgan fingerprint density at radius 1 is 1.32 bits per heavy atom. The summed E-state index contributed by atoms with van der Waals surface area (Å²) >= 11 is 5.95. The van der Waals surface area contributed by atoms with E-state index in [4.69, 9.17) is 16.3 Å². The number of carbonyl (C=O) groups is 2. The highest BCUT2D eigenvalue weighted by Gasteiger charge is 2.19. The summed E-state index contributed by atoms with van der Waals surface area (Å²) in [4.78, 5) is 27.9. The summed E-state index contributed by atoms with van der Waals surface area (Å²) in [6.07, 6.45) is 0. The largest absolute Gasteiger partial charge is 0.495 e. The number of hydrogen-bond donors (Lipinski definition) is 2. The van der Waals surface area contributed by atoms with Crippen LogP contribution in [0, 0.1) is 0 Å². The van der Waals surface area contributed by atoms with Crippen LogP contribution in [0.15, 0.2) is 18.2 Å². The maximum absolute atomic E-state index is 12.2. The summed E-state index contributed by atoms with van der Waals surface area (Å²) in [6, 6.07) is 5.01. The minimum absolute atomic E-state index is 0. The summed E-state index contributed by atoms with van der Waals surface area (Å²) in [5.41, 5.74) is 0.511. The smallest absolute Gasteiger partial charge is 0.238 e. The number of benzene rings is 1. The molecule has 0 aliphatic carbocycles. The van der Waals surface area contributed by atoms with Crippen molar-refractivity contribution in [1.82, 2.24) is 15.1 Å². The standard InChI is InChI=1S/C16H23ClN4O3.ClH/c1-20(11-16(23)21-7-5-18-6-8-21)10-15(22)19-13-9-12(17)3-4-14(13)24-2;/h3-4,9,18H,5-8,10-11H2,1-2H3,(H,19,22);1H.